The second kappa shape index (κ2) is 11.4. The first kappa shape index (κ1) is 24.8. The van der Waals surface area contributed by atoms with Gasteiger partial charge in [-0.3, -0.25) is 4.79 Å². The Kier molecular flexibility index (Phi) is 8.54. The van der Waals surface area contributed by atoms with Gasteiger partial charge in [-0.15, -0.1) is 0 Å². The Labute approximate surface area is 196 Å². The lowest BCUT2D eigenvalue weighted by Crippen LogP contribution is -2.20. The molecule has 0 unspecified atom stereocenters. The number of esters is 1. The normalized spacial score (nSPS) is 12.2. The van der Waals surface area contributed by atoms with Crippen LogP contribution in [0.1, 0.15) is 29.3 Å². The van der Waals surface area contributed by atoms with Crippen LogP contribution in [0, 0.1) is 0 Å². The third-order valence-corrected chi connectivity index (χ3v) is 7.43. The summed E-state index contributed by atoms with van der Waals surface area (Å²) < 4.78 is 37.6. The number of sulfone groups is 1. The quantitative estimate of drug-likeness (QED) is 0.405. The van der Waals surface area contributed by atoms with E-state index in [2.05, 4.69) is 4.99 Å². The highest BCUT2D eigenvalue weighted by Gasteiger charge is 2.16. The average molecular weight is 491 g/mol. The summed E-state index contributed by atoms with van der Waals surface area (Å²) in [7, 11) is -1.87. The number of ether oxygens (including phenoxy) is 2. The summed E-state index contributed by atoms with van der Waals surface area (Å²) in [5.41, 5.74) is 1.89. The number of methoxy groups -OCH3 is 1. The standard InChI is InChI=1S/C23H26N2O6S2/c1-3-31-22(27)18-9-10-19-20(15-18)32-23(25(19)12-13-30-2)24-21(26)11-14-33(28,29)16-17-7-5-4-6-8-17/h4-10,15H,3,11-14,16H2,1-2H3. The number of hydrogen-bond acceptors (Lipinski definition) is 7. The van der Waals surface area contributed by atoms with E-state index in [-0.39, 0.29) is 24.5 Å². The van der Waals surface area contributed by atoms with Crippen molar-refractivity contribution >= 4 is 43.3 Å². The maximum Gasteiger partial charge on any atom is 0.338 e. The van der Waals surface area contributed by atoms with E-state index in [9.17, 15) is 18.0 Å². The number of carbonyl (C=O) groups is 2. The first-order valence-corrected chi connectivity index (χ1v) is 13.1. The number of aromatic nitrogens is 1. The fraction of sp³-hybridized carbons (Fsp3) is 0.348. The summed E-state index contributed by atoms with van der Waals surface area (Å²) in [4.78, 5) is 29.2. The molecule has 0 spiro atoms. The van der Waals surface area contributed by atoms with E-state index in [1.165, 1.54) is 11.3 Å². The SMILES string of the molecule is CCOC(=O)c1ccc2c(c1)sc(=NC(=O)CCS(=O)(=O)Cc1ccccc1)n2CCOC. The second-order valence-corrected chi connectivity index (χ2v) is 10.5. The van der Waals surface area contributed by atoms with E-state index in [1.54, 1.807) is 56.5 Å². The van der Waals surface area contributed by atoms with Gasteiger partial charge in [0.25, 0.3) is 0 Å². The van der Waals surface area contributed by atoms with Crippen molar-refractivity contribution in [2.45, 2.75) is 25.6 Å². The van der Waals surface area contributed by atoms with E-state index < -0.39 is 21.7 Å². The highest BCUT2D eigenvalue weighted by Crippen LogP contribution is 2.20. The molecule has 0 atom stereocenters. The summed E-state index contributed by atoms with van der Waals surface area (Å²) in [5, 5.41) is 0. The molecule has 10 heteroatoms. The van der Waals surface area contributed by atoms with Crippen molar-refractivity contribution in [3.8, 4) is 0 Å². The van der Waals surface area contributed by atoms with Crippen LogP contribution in [-0.2, 0) is 36.4 Å². The first-order valence-electron chi connectivity index (χ1n) is 10.4. The zero-order chi connectivity index (χ0) is 23.8. The maximum absolute atomic E-state index is 12.5. The second-order valence-electron chi connectivity index (χ2n) is 7.27. The van der Waals surface area contributed by atoms with Crippen molar-refractivity contribution in [2.75, 3.05) is 26.1 Å². The molecule has 0 radical (unpaired) electrons. The van der Waals surface area contributed by atoms with Crippen LogP contribution in [0.25, 0.3) is 10.2 Å². The van der Waals surface area contributed by atoms with Gasteiger partial charge in [0.15, 0.2) is 14.6 Å². The number of nitrogens with zero attached hydrogens (tertiary/aromatic N) is 2. The molecule has 0 N–H and O–H groups in total. The zero-order valence-electron chi connectivity index (χ0n) is 18.5. The summed E-state index contributed by atoms with van der Waals surface area (Å²) >= 11 is 1.25. The number of hydrogen-bond donors (Lipinski definition) is 0. The van der Waals surface area contributed by atoms with Gasteiger partial charge in [-0.1, -0.05) is 41.7 Å². The van der Waals surface area contributed by atoms with E-state index in [0.717, 1.165) is 10.2 Å². The lowest BCUT2D eigenvalue weighted by atomic mass is 10.2. The van der Waals surface area contributed by atoms with Crippen molar-refractivity contribution in [1.82, 2.24) is 4.57 Å². The molecular weight excluding hydrogens is 464 g/mol. The smallest absolute Gasteiger partial charge is 0.338 e. The van der Waals surface area contributed by atoms with Crippen molar-refractivity contribution < 1.29 is 27.5 Å². The first-order chi connectivity index (χ1) is 15.8. The number of thiazole rings is 1. The van der Waals surface area contributed by atoms with Crippen LogP contribution in [-0.4, -0.2) is 50.9 Å². The Bertz CT molecular complexity index is 1290. The Morgan fingerprint density at radius 2 is 1.88 bits per heavy atom. The Hall–Kier alpha value is -2.82. The number of amides is 1. The van der Waals surface area contributed by atoms with Crippen LogP contribution < -0.4 is 4.80 Å². The third kappa shape index (κ3) is 6.83. The predicted octanol–water partition coefficient (Wildman–Crippen LogP) is 2.96. The molecule has 0 saturated heterocycles. The van der Waals surface area contributed by atoms with Crippen LogP contribution in [0.3, 0.4) is 0 Å². The highest BCUT2D eigenvalue weighted by atomic mass is 32.2. The molecule has 3 rings (SSSR count). The lowest BCUT2D eigenvalue weighted by molar-refractivity contribution is -0.117. The number of fused-ring (bicyclic) bond motifs is 1. The predicted molar refractivity (Wildman–Crippen MR) is 127 cm³/mol. The highest BCUT2D eigenvalue weighted by molar-refractivity contribution is 7.90. The van der Waals surface area contributed by atoms with Gasteiger partial charge in [0.1, 0.15) is 0 Å². The molecule has 3 aromatic rings. The van der Waals surface area contributed by atoms with Crippen molar-refractivity contribution in [1.29, 1.82) is 0 Å². The maximum atomic E-state index is 12.5. The van der Waals surface area contributed by atoms with Gasteiger partial charge >= 0.3 is 5.97 Å². The molecule has 176 valence electrons. The van der Waals surface area contributed by atoms with Crippen LogP contribution in [0.5, 0.6) is 0 Å². The Balaban J connectivity index is 1.83. The van der Waals surface area contributed by atoms with E-state index >= 15 is 0 Å². The molecule has 0 aliphatic carbocycles. The van der Waals surface area contributed by atoms with Crippen LogP contribution in [0.4, 0.5) is 0 Å². The molecule has 0 bridgehead atoms. The van der Waals surface area contributed by atoms with Gasteiger partial charge in [0.2, 0.25) is 5.91 Å². The zero-order valence-corrected chi connectivity index (χ0v) is 20.2. The number of carbonyl (C=O) groups excluding carboxylic acids is 2. The minimum Gasteiger partial charge on any atom is -0.462 e. The van der Waals surface area contributed by atoms with Gasteiger partial charge in [0, 0.05) is 20.1 Å². The average Bonchev–Trinajstić information content (AvgIpc) is 3.13. The van der Waals surface area contributed by atoms with Crippen LogP contribution in [0.15, 0.2) is 53.5 Å². The molecule has 0 aliphatic rings. The molecule has 1 aromatic heterocycles. The van der Waals surface area contributed by atoms with E-state index in [0.29, 0.717) is 29.1 Å². The number of benzene rings is 2. The number of rotatable bonds is 10. The summed E-state index contributed by atoms with van der Waals surface area (Å²) in [6.07, 6.45) is -0.207. The lowest BCUT2D eigenvalue weighted by Gasteiger charge is -2.05. The molecule has 1 heterocycles. The summed E-state index contributed by atoms with van der Waals surface area (Å²) in [6.45, 7) is 2.87. The van der Waals surface area contributed by atoms with Gasteiger partial charge in [-0.2, -0.15) is 4.99 Å². The molecule has 0 aliphatic heterocycles. The van der Waals surface area contributed by atoms with E-state index in [1.807, 2.05) is 10.6 Å². The monoisotopic (exact) mass is 490 g/mol. The summed E-state index contributed by atoms with van der Waals surface area (Å²) in [6, 6.07) is 14.0. The molecular formula is C23H26N2O6S2. The van der Waals surface area contributed by atoms with Crippen LogP contribution >= 0.6 is 11.3 Å². The minimum absolute atomic E-state index is 0.117. The minimum atomic E-state index is -3.45. The molecule has 33 heavy (non-hydrogen) atoms. The van der Waals surface area contributed by atoms with Gasteiger partial charge in [-0.25, -0.2) is 13.2 Å². The third-order valence-electron chi connectivity index (χ3n) is 4.79. The summed E-state index contributed by atoms with van der Waals surface area (Å²) in [5.74, 6) is -1.33. The van der Waals surface area contributed by atoms with Crippen LogP contribution in [0.2, 0.25) is 0 Å². The van der Waals surface area contributed by atoms with Crippen molar-refractivity contribution in [2.24, 2.45) is 4.99 Å². The largest absolute Gasteiger partial charge is 0.462 e. The molecule has 0 saturated carbocycles. The topological polar surface area (TPSA) is 104 Å². The molecule has 1 amide bonds. The van der Waals surface area contributed by atoms with Crippen molar-refractivity contribution in [3.63, 3.8) is 0 Å². The fourth-order valence-corrected chi connectivity index (χ4v) is 5.65. The molecule has 2 aromatic carbocycles. The van der Waals surface area contributed by atoms with Crippen molar-refractivity contribution in [3.05, 3.63) is 64.5 Å². The molecule has 0 fully saturated rings. The van der Waals surface area contributed by atoms with E-state index in [4.69, 9.17) is 9.47 Å². The van der Waals surface area contributed by atoms with Gasteiger partial charge < -0.3 is 14.0 Å². The Morgan fingerprint density at radius 1 is 1.12 bits per heavy atom. The Morgan fingerprint density at radius 3 is 2.58 bits per heavy atom. The van der Waals surface area contributed by atoms with Gasteiger partial charge in [0.05, 0.1) is 40.5 Å². The van der Waals surface area contributed by atoms with Gasteiger partial charge in [-0.05, 0) is 30.7 Å². The fourth-order valence-electron chi connectivity index (χ4n) is 3.20. The molecule has 8 nitrogen and oxygen atoms in total.